The molecule has 2 saturated carbocycles. The predicted molar refractivity (Wildman–Crippen MR) is 162 cm³/mol. The first kappa shape index (κ1) is 29.3. The van der Waals surface area contributed by atoms with Crippen LogP contribution in [0.1, 0.15) is 87.5 Å². The van der Waals surface area contributed by atoms with Crippen LogP contribution < -0.4 is 26.0 Å². The molecule has 1 aromatic heterocycles. The van der Waals surface area contributed by atoms with E-state index in [-0.39, 0.29) is 36.0 Å². The number of rotatable bonds is 9. The third kappa shape index (κ3) is 6.43. The van der Waals surface area contributed by atoms with E-state index in [4.69, 9.17) is 4.74 Å². The van der Waals surface area contributed by atoms with Gasteiger partial charge in [-0.1, -0.05) is 51.4 Å². The highest BCUT2D eigenvalue weighted by Gasteiger charge is 2.44. The van der Waals surface area contributed by atoms with Crippen LogP contribution in [0.4, 0.5) is 0 Å². The van der Waals surface area contributed by atoms with E-state index < -0.39 is 18.0 Å². The van der Waals surface area contributed by atoms with Crippen molar-refractivity contribution in [2.24, 2.45) is 11.8 Å². The van der Waals surface area contributed by atoms with Gasteiger partial charge in [0.2, 0.25) is 17.6 Å². The highest BCUT2D eigenvalue weighted by Crippen LogP contribution is 2.33. The smallest absolute Gasteiger partial charge is 0.268 e. The molecule has 1 aromatic carbocycles. The first-order valence-electron chi connectivity index (χ1n) is 16.0. The number of hydrogen-bond acceptors (Lipinski definition) is 6. The van der Waals surface area contributed by atoms with E-state index in [0.717, 1.165) is 67.8 Å². The Balaban J connectivity index is 1.20. The minimum Gasteiger partial charge on any atom is -0.497 e. The lowest BCUT2D eigenvalue weighted by Gasteiger charge is -2.33. The average molecular weight is 590 g/mol. The quantitative estimate of drug-likeness (QED) is 0.303. The Labute approximate surface area is 252 Å². The number of methoxy groups -OCH3 is 1. The Morgan fingerprint density at radius 1 is 1.00 bits per heavy atom. The Bertz CT molecular complexity index is 1420. The molecule has 0 bridgehead atoms. The van der Waals surface area contributed by atoms with Crippen LogP contribution in [-0.4, -0.2) is 60.3 Å². The van der Waals surface area contributed by atoms with Gasteiger partial charge in [-0.15, -0.1) is 0 Å². The normalized spacial score (nSPS) is 23.9. The van der Waals surface area contributed by atoms with Crippen molar-refractivity contribution in [1.82, 2.24) is 26.3 Å². The van der Waals surface area contributed by atoms with Gasteiger partial charge in [-0.25, -0.2) is 0 Å². The molecule has 1 saturated heterocycles. The number of ether oxygens (including phenoxy) is 1. The van der Waals surface area contributed by atoms with Crippen LogP contribution in [0.5, 0.6) is 5.75 Å². The summed E-state index contributed by atoms with van der Waals surface area (Å²) in [5, 5.41) is 13.2. The van der Waals surface area contributed by atoms with Crippen LogP contribution in [0.15, 0.2) is 35.5 Å². The predicted octanol–water partition coefficient (Wildman–Crippen LogP) is 3.63. The molecule has 3 aliphatic carbocycles. The van der Waals surface area contributed by atoms with E-state index >= 15 is 0 Å². The zero-order chi connectivity index (χ0) is 29.9. The van der Waals surface area contributed by atoms with Crippen LogP contribution in [0.2, 0.25) is 0 Å². The van der Waals surface area contributed by atoms with Crippen LogP contribution in [0.3, 0.4) is 0 Å². The lowest BCUT2D eigenvalue weighted by Crippen LogP contribution is -2.55. The molecule has 1 unspecified atom stereocenters. The SMILES string of the molecule is COc1ccc2[nH]c(C(=O)NC(CC3CCCCC3)C(=O)N[C@H]3C[C@H]4C(=O)NCC4=C(NC4CCCCC4)C3=O)cc2c1. The number of H-pyrrole nitrogens is 1. The highest BCUT2D eigenvalue weighted by atomic mass is 16.5. The second-order valence-corrected chi connectivity index (χ2v) is 12.7. The molecule has 0 radical (unpaired) electrons. The molecule has 4 aliphatic rings. The molecule has 1 aliphatic heterocycles. The van der Waals surface area contributed by atoms with Crippen molar-refractivity contribution >= 4 is 34.4 Å². The van der Waals surface area contributed by atoms with E-state index in [1.165, 1.54) is 12.8 Å². The number of aromatic amines is 1. The lowest BCUT2D eigenvalue weighted by atomic mass is 9.82. The number of aromatic nitrogens is 1. The third-order valence-corrected chi connectivity index (χ3v) is 9.80. The zero-order valence-electron chi connectivity index (χ0n) is 24.9. The second kappa shape index (κ2) is 12.8. The molecule has 6 rings (SSSR count). The fourth-order valence-electron chi connectivity index (χ4n) is 7.37. The molecule has 5 N–H and O–H groups in total. The second-order valence-electron chi connectivity index (χ2n) is 12.7. The minimum atomic E-state index is -0.831. The number of fused-ring (bicyclic) bond motifs is 2. The topological polar surface area (TPSA) is 141 Å². The molecule has 3 fully saturated rings. The summed E-state index contributed by atoms with van der Waals surface area (Å²) in [6.07, 6.45) is 11.6. The summed E-state index contributed by atoms with van der Waals surface area (Å²) >= 11 is 0. The van der Waals surface area contributed by atoms with Gasteiger partial charge in [0.25, 0.3) is 5.91 Å². The molecule has 2 heterocycles. The minimum absolute atomic E-state index is 0.104. The molecular weight excluding hydrogens is 546 g/mol. The summed E-state index contributed by atoms with van der Waals surface area (Å²) in [6.45, 7) is 0.363. The molecule has 10 nitrogen and oxygen atoms in total. The molecule has 43 heavy (non-hydrogen) atoms. The van der Waals surface area contributed by atoms with Crippen LogP contribution in [-0.2, 0) is 14.4 Å². The number of hydrogen-bond donors (Lipinski definition) is 5. The van der Waals surface area contributed by atoms with Crippen molar-refractivity contribution in [2.75, 3.05) is 13.7 Å². The highest BCUT2D eigenvalue weighted by molar-refractivity contribution is 6.06. The molecule has 0 spiro atoms. The van der Waals surface area contributed by atoms with Gasteiger partial charge >= 0.3 is 0 Å². The summed E-state index contributed by atoms with van der Waals surface area (Å²) in [5.74, 6) is -0.470. The molecule has 230 valence electrons. The van der Waals surface area contributed by atoms with E-state index in [2.05, 4.69) is 26.3 Å². The Morgan fingerprint density at radius 3 is 2.49 bits per heavy atom. The first-order valence-corrected chi connectivity index (χ1v) is 16.0. The summed E-state index contributed by atoms with van der Waals surface area (Å²) in [7, 11) is 1.59. The maximum atomic E-state index is 13.9. The molecule has 3 amide bonds. The lowest BCUT2D eigenvalue weighted by molar-refractivity contribution is -0.129. The number of nitrogens with one attached hydrogen (secondary N) is 5. The van der Waals surface area contributed by atoms with Crippen molar-refractivity contribution < 1.29 is 23.9 Å². The maximum Gasteiger partial charge on any atom is 0.268 e. The summed E-state index contributed by atoms with van der Waals surface area (Å²) in [5.41, 5.74) is 2.46. The number of carbonyl (C=O) groups is 4. The van der Waals surface area contributed by atoms with Crippen molar-refractivity contribution in [2.45, 2.75) is 95.2 Å². The van der Waals surface area contributed by atoms with E-state index in [0.29, 0.717) is 36.0 Å². The van der Waals surface area contributed by atoms with Crippen molar-refractivity contribution in [1.29, 1.82) is 0 Å². The number of Topliss-reactive ketones (excluding diaryl/α,β-unsaturated/α-hetero) is 1. The zero-order valence-corrected chi connectivity index (χ0v) is 24.9. The number of amides is 3. The summed E-state index contributed by atoms with van der Waals surface area (Å²) < 4.78 is 5.31. The number of ketones is 1. The van der Waals surface area contributed by atoms with Gasteiger partial charge < -0.3 is 31.0 Å². The standard InChI is InChI=1S/C33H43N5O5/c1-43-22-12-13-25-20(15-22)16-28(36-25)33(42)38-27(14-19-8-4-2-5-9-19)32(41)37-26-17-23-24(18-34-31(23)40)29(30(26)39)35-21-10-6-3-7-11-21/h12-13,15-16,19,21,23,26-27,35-36H,2-11,14,17-18H2,1H3,(H,34,40)(H,37,41)(H,38,42)/t23-,26+,27?/m1/s1. The summed E-state index contributed by atoms with van der Waals surface area (Å²) in [4.78, 5) is 57.0. The van der Waals surface area contributed by atoms with Gasteiger partial charge in [0.15, 0.2) is 0 Å². The molecule has 10 heteroatoms. The van der Waals surface area contributed by atoms with E-state index in [1.54, 1.807) is 13.2 Å². The molecule has 3 atom stereocenters. The van der Waals surface area contributed by atoms with Gasteiger partial charge in [-0.2, -0.15) is 0 Å². The van der Waals surface area contributed by atoms with Gasteiger partial charge in [-0.05, 0) is 61.4 Å². The maximum absolute atomic E-state index is 13.9. The van der Waals surface area contributed by atoms with Crippen LogP contribution in [0, 0.1) is 11.8 Å². The fourth-order valence-corrected chi connectivity index (χ4v) is 7.37. The molecule has 2 aromatic rings. The van der Waals surface area contributed by atoms with Crippen molar-refractivity contribution in [3.63, 3.8) is 0 Å². The van der Waals surface area contributed by atoms with Gasteiger partial charge in [0, 0.05) is 23.5 Å². The van der Waals surface area contributed by atoms with Gasteiger partial charge in [-0.3, -0.25) is 19.2 Å². The van der Waals surface area contributed by atoms with E-state index in [1.807, 2.05) is 18.2 Å². The largest absolute Gasteiger partial charge is 0.497 e. The van der Waals surface area contributed by atoms with Gasteiger partial charge in [0.1, 0.15) is 17.5 Å². The first-order chi connectivity index (χ1) is 20.9. The monoisotopic (exact) mass is 589 g/mol. The Hall–Kier alpha value is -3.82. The van der Waals surface area contributed by atoms with Crippen molar-refractivity contribution in [3.05, 3.63) is 41.2 Å². The molecular formula is C33H43N5O5. The Kier molecular flexibility index (Phi) is 8.72. The number of benzene rings is 1. The average Bonchev–Trinajstić information content (AvgIpc) is 3.62. The van der Waals surface area contributed by atoms with Crippen LogP contribution in [0.25, 0.3) is 10.9 Å². The summed E-state index contributed by atoms with van der Waals surface area (Å²) in [6, 6.07) is 5.84. The van der Waals surface area contributed by atoms with Crippen molar-refractivity contribution in [3.8, 4) is 5.75 Å². The third-order valence-electron chi connectivity index (χ3n) is 9.80. The van der Waals surface area contributed by atoms with Gasteiger partial charge in [0.05, 0.1) is 24.8 Å². The number of carbonyl (C=O) groups excluding carboxylic acids is 4. The Morgan fingerprint density at radius 2 is 1.74 bits per heavy atom. The van der Waals surface area contributed by atoms with Crippen LogP contribution >= 0.6 is 0 Å². The fraction of sp³-hybridized carbons (Fsp3) is 0.576. The van der Waals surface area contributed by atoms with E-state index in [9.17, 15) is 19.2 Å².